The molecule has 1 saturated heterocycles. The first-order chi connectivity index (χ1) is 6.20. The van der Waals surface area contributed by atoms with Gasteiger partial charge in [0.1, 0.15) is 6.61 Å². The molecule has 1 aliphatic carbocycles. The van der Waals surface area contributed by atoms with E-state index < -0.39 is 0 Å². The lowest BCUT2D eigenvalue weighted by atomic mass is 9.99. The van der Waals surface area contributed by atoms with E-state index in [1.54, 1.807) is 0 Å². The maximum atomic E-state index is 10.8. The lowest BCUT2D eigenvalue weighted by Crippen LogP contribution is -2.40. The topological polar surface area (TPSA) is 38.3 Å². The third-order valence-corrected chi connectivity index (χ3v) is 2.70. The van der Waals surface area contributed by atoms with Crippen molar-refractivity contribution in [2.45, 2.75) is 45.6 Å². The van der Waals surface area contributed by atoms with Crippen LogP contribution >= 0.6 is 0 Å². The normalized spacial score (nSPS) is 36.5. The largest absolute Gasteiger partial charge is 0.447 e. The molecule has 0 aromatic rings. The summed E-state index contributed by atoms with van der Waals surface area (Å²) in [7, 11) is 0. The van der Waals surface area contributed by atoms with Crippen LogP contribution in [-0.4, -0.2) is 18.2 Å². The number of carbonyl (C=O) groups is 1. The minimum atomic E-state index is -0.237. The lowest BCUT2D eigenvalue weighted by molar-refractivity contribution is 0.172. The summed E-state index contributed by atoms with van der Waals surface area (Å²) < 4.78 is 4.89. The zero-order chi connectivity index (χ0) is 9.90. The van der Waals surface area contributed by atoms with Gasteiger partial charge in [0.05, 0.1) is 5.54 Å². The maximum Gasteiger partial charge on any atom is 0.407 e. The summed E-state index contributed by atoms with van der Waals surface area (Å²) in [6.45, 7) is 6.80. The van der Waals surface area contributed by atoms with E-state index in [4.69, 9.17) is 4.74 Å². The fourth-order valence-corrected chi connectivity index (χ4v) is 2.13. The van der Waals surface area contributed by atoms with Gasteiger partial charge in [0.15, 0.2) is 0 Å². The van der Waals surface area contributed by atoms with Crippen molar-refractivity contribution in [2.24, 2.45) is 5.92 Å². The Labute approximate surface area is 79.8 Å². The van der Waals surface area contributed by atoms with Crippen molar-refractivity contribution in [2.75, 3.05) is 6.61 Å². The molecule has 13 heavy (non-hydrogen) atoms. The number of hydrogen-bond donors (Lipinski definition) is 1. The van der Waals surface area contributed by atoms with Crippen LogP contribution in [0.15, 0.2) is 0 Å². The van der Waals surface area contributed by atoms with Crippen LogP contribution in [0, 0.1) is 5.92 Å². The average molecular weight is 185 g/mol. The van der Waals surface area contributed by atoms with Crippen LogP contribution in [0.1, 0.15) is 40.0 Å². The number of amides is 1. The molecule has 2 aliphatic rings. The molecular weight excluding hydrogens is 166 g/mol. The van der Waals surface area contributed by atoms with Crippen LogP contribution in [0.25, 0.3) is 0 Å². The van der Waals surface area contributed by atoms with Gasteiger partial charge in [-0.15, -0.1) is 0 Å². The summed E-state index contributed by atoms with van der Waals surface area (Å²) in [6.07, 6.45) is 3.14. The van der Waals surface area contributed by atoms with Crippen LogP contribution < -0.4 is 5.32 Å². The molecule has 3 heteroatoms. The summed E-state index contributed by atoms with van der Waals surface area (Å²) in [5.74, 6) is 0.733. The van der Waals surface area contributed by atoms with Gasteiger partial charge in [-0.25, -0.2) is 4.79 Å². The fraction of sp³-hybridized carbons (Fsp3) is 0.900. The first-order valence-electron chi connectivity index (χ1n) is 5.15. The van der Waals surface area contributed by atoms with Crippen molar-refractivity contribution in [1.82, 2.24) is 5.32 Å². The zero-order valence-electron chi connectivity index (χ0n) is 8.72. The van der Waals surface area contributed by atoms with Crippen molar-refractivity contribution < 1.29 is 9.53 Å². The molecule has 1 N–H and O–H groups in total. The molecule has 0 aromatic carbocycles. The van der Waals surface area contributed by atoms with Crippen LogP contribution in [0.2, 0.25) is 0 Å². The monoisotopic (exact) mass is 185 g/mol. The van der Waals surface area contributed by atoms with Crippen molar-refractivity contribution in [3.8, 4) is 0 Å². The Hall–Kier alpha value is -0.730. The van der Waals surface area contributed by atoms with Crippen LogP contribution in [0.5, 0.6) is 0 Å². The van der Waals surface area contributed by atoms with E-state index in [0.29, 0.717) is 6.61 Å². The zero-order valence-corrected chi connectivity index (χ0v) is 8.72. The first kappa shape index (κ1) is 10.4. The molecule has 3 nitrogen and oxygen atoms in total. The van der Waals surface area contributed by atoms with Gasteiger partial charge in [0.25, 0.3) is 0 Å². The summed E-state index contributed by atoms with van der Waals surface area (Å²) in [5, 5.41) is 2.90. The summed E-state index contributed by atoms with van der Waals surface area (Å²) in [5.41, 5.74) is 0.0104. The minimum absolute atomic E-state index is 0.0104. The Morgan fingerprint density at radius 3 is 2.62 bits per heavy atom. The second-order valence-electron chi connectivity index (χ2n) is 3.83. The predicted octanol–water partition coefficient (Wildman–Crippen LogP) is 2.31. The van der Waals surface area contributed by atoms with Crippen molar-refractivity contribution in [3.63, 3.8) is 0 Å². The Balaban J connectivity index is 0.000000396. The van der Waals surface area contributed by atoms with Gasteiger partial charge in [0.2, 0.25) is 0 Å². The molecule has 2 rings (SSSR count). The van der Waals surface area contributed by atoms with Gasteiger partial charge in [0, 0.05) is 0 Å². The molecule has 1 aliphatic heterocycles. The molecule has 1 spiro atoms. The maximum absolute atomic E-state index is 10.8. The van der Waals surface area contributed by atoms with Gasteiger partial charge >= 0.3 is 6.09 Å². The van der Waals surface area contributed by atoms with E-state index >= 15 is 0 Å². The summed E-state index contributed by atoms with van der Waals surface area (Å²) in [4.78, 5) is 10.8. The number of nitrogens with one attached hydrogen (secondary N) is 1. The van der Waals surface area contributed by atoms with Crippen molar-refractivity contribution in [1.29, 1.82) is 0 Å². The Kier molecular flexibility index (Phi) is 3.17. The molecule has 0 radical (unpaired) electrons. The molecular formula is C10H19NO2. The van der Waals surface area contributed by atoms with E-state index in [9.17, 15) is 4.79 Å². The first-order valence-corrected chi connectivity index (χ1v) is 5.15. The number of cyclic esters (lactones) is 1. The predicted molar refractivity (Wildman–Crippen MR) is 51.6 cm³/mol. The molecule has 0 aromatic heterocycles. The van der Waals surface area contributed by atoms with Gasteiger partial charge < -0.3 is 10.1 Å². The lowest BCUT2D eigenvalue weighted by Gasteiger charge is -2.18. The second-order valence-corrected chi connectivity index (χ2v) is 3.83. The highest BCUT2D eigenvalue weighted by atomic mass is 16.6. The highest BCUT2D eigenvalue weighted by Crippen LogP contribution is 2.36. The van der Waals surface area contributed by atoms with E-state index in [2.05, 4.69) is 12.2 Å². The summed E-state index contributed by atoms with van der Waals surface area (Å²) in [6, 6.07) is 0. The molecule has 2 fully saturated rings. The van der Waals surface area contributed by atoms with Gasteiger partial charge in [-0.1, -0.05) is 20.8 Å². The minimum Gasteiger partial charge on any atom is -0.447 e. The van der Waals surface area contributed by atoms with Crippen LogP contribution in [0.3, 0.4) is 0 Å². The quantitative estimate of drug-likeness (QED) is 0.629. The standard InChI is InChI=1S/C8H13NO2.C2H6/c1-6-2-3-8(4-6)5-11-7(10)9-8;1-2/h6H,2-5H2,1H3,(H,9,10);1-2H3. The number of alkyl carbamates (subject to hydrolysis) is 1. The van der Waals surface area contributed by atoms with Gasteiger partial charge in [-0.05, 0) is 25.2 Å². The van der Waals surface area contributed by atoms with E-state index in [1.807, 2.05) is 13.8 Å². The van der Waals surface area contributed by atoms with Crippen molar-refractivity contribution in [3.05, 3.63) is 0 Å². The van der Waals surface area contributed by atoms with Gasteiger partial charge in [-0.2, -0.15) is 0 Å². The molecule has 1 amide bonds. The van der Waals surface area contributed by atoms with Crippen LogP contribution in [0.4, 0.5) is 4.79 Å². The Bertz CT molecular complexity index is 193. The molecule has 0 bridgehead atoms. The molecule has 1 saturated carbocycles. The number of ether oxygens (including phenoxy) is 1. The second kappa shape index (κ2) is 3.99. The number of carbonyl (C=O) groups excluding carboxylic acids is 1. The summed E-state index contributed by atoms with van der Waals surface area (Å²) >= 11 is 0. The van der Waals surface area contributed by atoms with Gasteiger partial charge in [-0.3, -0.25) is 0 Å². The molecule has 2 atom stereocenters. The molecule has 2 unspecified atom stereocenters. The molecule has 76 valence electrons. The highest BCUT2D eigenvalue weighted by molar-refractivity contribution is 5.70. The average Bonchev–Trinajstić information content (AvgIpc) is 2.65. The fourth-order valence-electron chi connectivity index (χ4n) is 2.13. The molecule has 1 heterocycles. The number of rotatable bonds is 0. The van der Waals surface area contributed by atoms with Crippen LogP contribution in [-0.2, 0) is 4.74 Å². The Morgan fingerprint density at radius 1 is 1.54 bits per heavy atom. The van der Waals surface area contributed by atoms with Crippen molar-refractivity contribution >= 4 is 6.09 Å². The van der Waals surface area contributed by atoms with E-state index in [1.165, 1.54) is 6.42 Å². The third-order valence-electron chi connectivity index (χ3n) is 2.70. The van der Waals surface area contributed by atoms with E-state index in [-0.39, 0.29) is 11.6 Å². The van der Waals surface area contributed by atoms with E-state index in [0.717, 1.165) is 18.8 Å². The highest BCUT2D eigenvalue weighted by Gasteiger charge is 2.44. The number of hydrogen-bond acceptors (Lipinski definition) is 2. The smallest absolute Gasteiger partial charge is 0.407 e. The third kappa shape index (κ3) is 2.14. The SMILES string of the molecule is CC.CC1CCC2(COC(=O)N2)C1. The Morgan fingerprint density at radius 2 is 2.23 bits per heavy atom.